The first-order valence-electron chi connectivity index (χ1n) is 9.31. The number of rotatable bonds is 8. The van der Waals surface area contributed by atoms with Crippen LogP contribution < -0.4 is 5.32 Å². The first kappa shape index (κ1) is 21.8. The number of nitrogens with zero attached hydrogens (tertiary/aromatic N) is 1. The molecular weight excluding hydrogens is 368 g/mol. The van der Waals surface area contributed by atoms with Crippen LogP contribution in [0.4, 0.5) is 5.69 Å². The Balaban J connectivity index is 2.13. The van der Waals surface area contributed by atoms with Gasteiger partial charge in [0.25, 0.3) is 5.69 Å². The molecule has 5 atom stereocenters. The maximum absolute atomic E-state index is 12.7. The van der Waals surface area contributed by atoms with Gasteiger partial charge in [-0.2, -0.15) is 0 Å². The number of carbonyl (C=O) groups is 2. The van der Waals surface area contributed by atoms with E-state index in [1.54, 1.807) is 0 Å². The van der Waals surface area contributed by atoms with E-state index >= 15 is 0 Å². The molecule has 9 nitrogen and oxygen atoms in total. The molecule has 4 N–H and O–H groups in total. The second-order valence-corrected chi connectivity index (χ2v) is 7.39. The summed E-state index contributed by atoms with van der Waals surface area (Å²) in [7, 11) is 0. The van der Waals surface area contributed by atoms with Gasteiger partial charge in [0.15, 0.2) is 0 Å². The molecule has 28 heavy (non-hydrogen) atoms. The van der Waals surface area contributed by atoms with Gasteiger partial charge in [0.1, 0.15) is 0 Å². The van der Waals surface area contributed by atoms with Gasteiger partial charge in [-0.1, -0.05) is 6.92 Å². The van der Waals surface area contributed by atoms with Crippen LogP contribution in [0.15, 0.2) is 24.3 Å². The van der Waals surface area contributed by atoms with Crippen molar-refractivity contribution in [2.45, 2.75) is 44.8 Å². The van der Waals surface area contributed by atoms with Gasteiger partial charge in [0.05, 0.1) is 28.9 Å². The number of nitro groups is 1. The smallest absolute Gasteiger partial charge is 0.307 e. The number of non-ortho nitro benzene ring substituents is 1. The second-order valence-electron chi connectivity index (χ2n) is 7.39. The van der Waals surface area contributed by atoms with Crippen LogP contribution in [-0.2, 0) is 9.59 Å². The van der Waals surface area contributed by atoms with E-state index in [0.29, 0.717) is 18.4 Å². The van der Waals surface area contributed by atoms with Crippen molar-refractivity contribution in [3.05, 3.63) is 39.9 Å². The maximum Gasteiger partial charge on any atom is 0.307 e. The van der Waals surface area contributed by atoms with Crippen molar-refractivity contribution in [1.29, 1.82) is 0 Å². The fourth-order valence-corrected chi connectivity index (χ4v) is 3.73. The summed E-state index contributed by atoms with van der Waals surface area (Å²) in [6.07, 6.45) is 0.483. The van der Waals surface area contributed by atoms with Crippen LogP contribution in [0.25, 0.3) is 0 Å². The van der Waals surface area contributed by atoms with Gasteiger partial charge < -0.3 is 20.6 Å². The lowest BCUT2D eigenvalue weighted by Gasteiger charge is -2.33. The number of nitrogens with one attached hydrogen (secondary N) is 1. The first-order chi connectivity index (χ1) is 13.2. The fraction of sp³-hybridized carbons (Fsp3) is 0.579. The van der Waals surface area contributed by atoms with Crippen molar-refractivity contribution in [2.24, 2.45) is 17.8 Å². The van der Waals surface area contributed by atoms with Gasteiger partial charge in [0, 0.05) is 18.7 Å². The topological polar surface area (TPSA) is 150 Å². The van der Waals surface area contributed by atoms with E-state index in [1.165, 1.54) is 24.3 Å². The molecule has 154 valence electrons. The molecule has 1 fully saturated rings. The number of carbonyl (C=O) groups excluding carboxylic acids is 1. The van der Waals surface area contributed by atoms with Gasteiger partial charge >= 0.3 is 5.97 Å². The molecule has 0 radical (unpaired) electrons. The average molecular weight is 394 g/mol. The molecule has 1 aromatic rings. The molecule has 1 amide bonds. The summed E-state index contributed by atoms with van der Waals surface area (Å²) < 4.78 is 0. The Hall–Kier alpha value is -2.52. The standard InChI is InChI=1S/C19H26N2O7/c1-11-2-7-14(15(10-11)19(25)26)18(24)20-16(8-9-22)17(23)12-3-5-13(6-4-12)21(27)28/h3-6,11,14-17,22-23H,2,7-10H2,1H3,(H,20,24)(H,25,26)/t11?,14?,15?,16-,17-/m1/s1. The molecule has 0 spiro atoms. The Morgan fingerprint density at radius 1 is 1.25 bits per heavy atom. The molecule has 0 heterocycles. The van der Waals surface area contributed by atoms with Gasteiger partial charge in [-0.3, -0.25) is 19.7 Å². The third-order valence-corrected chi connectivity index (χ3v) is 5.36. The van der Waals surface area contributed by atoms with Crippen LogP contribution in [0.1, 0.15) is 44.3 Å². The number of hydrogen-bond donors (Lipinski definition) is 4. The Labute approximate surface area is 162 Å². The first-order valence-corrected chi connectivity index (χ1v) is 9.31. The lowest BCUT2D eigenvalue weighted by Crippen LogP contribution is -2.47. The highest BCUT2D eigenvalue weighted by Gasteiger charge is 2.39. The summed E-state index contributed by atoms with van der Waals surface area (Å²) in [6, 6.07) is 4.44. The Morgan fingerprint density at radius 3 is 2.43 bits per heavy atom. The molecule has 9 heteroatoms. The van der Waals surface area contributed by atoms with Crippen molar-refractivity contribution in [2.75, 3.05) is 6.61 Å². The molecule has 0 aliphatic heterocycles. The largest absolute Gasteiger partial charge is 0.481 e. The van der Waals surface area contributed by atoms with Crippen LogP contribution >= 0.6 is 0 Å². The number of hydrogen-bond acceptors (Lipinski definition) is 6. The SMILES string of the molecule is CC1CCC(C(=O)N[C@H](CCO)[C@H](O)c2ccc([N+](=O)[O-])cc2)C(C(=O)O)C1. The third-order valence-electron chi connectivity index (χ3n) is 5.36. The Kier molecular flexibility index (Phi) is 7.47. The molecule has 0 bridgehead atoms. The molecule has 1 saturated carbocycles. The number of carboxylic acid groups (broad SMARTS) is 1. The van der Waals surface area contributed by atoms with E-state index in [2.05, 4.69) is 5.32 Å². The number of aliphatic hydroxyl groups excluding tert-OH is 2. The van der Waals surface area contributed by atoms with Crippen molar-refractivity contribution >= 4 is 17.6 Å². The van der Waals surface area contributed by atoms with E-state index in [9.17, 15) is 35.0 Å². The van der Waals surface area contributed by atoms with Crippen molar-refractivity contribution in [1.82, 2.24) is 5.32 Å². The molecule has 1 aliphatic carbocycles. The van der Waals surface area contributed by atoms with Gasteiger partial charge in [-0.05, 0) is 49.3 Å². The summed E-state index contributed by atoms with van der Waals surface area (Å²) >= 11 is 0. The second kappa shape index (κ2) is 9.61. The van der Waals surface area contributed by atoms with Crippen molar-refractivity contribution in [3.8, 4) is 0 Å². The molecular formula is C19H26N2O7. The molecule has 0 aromatic heterocycles. The molecule has 1 aromatic carbocycles. The third kappa shape index (κ3) is 5.26. The normalized spacial score (nSPS) is 24.2. The van der Waals surface area contributed by atoms with Crippen molar-refractivity contribution in [3.63, 3.8) is 0 Å². The quantitative estimate of drug-likeness (QED) is 0.386. The number of amides is 1. The molecule has 2 rings (SSSR count). The van der Waals surface area contributed by atoms with E-state index in [-0.39, 0.29) is 24.6 Å². The number of nitro benzene ring substituents is 1. The van der Waals surface area contributed by atoms with Gasteiger partial charge in [-0.25, -0.2) is 0 Å². The average Bonchev–Trinajstić information content (AvgIpc) is 2.66. The predicted octanol–water partition coefficient (Wildman–Crippen LogP) is 1.63. The highest BCUT2D eigenvalue weighted by molar-refractivity contribution is 5.85. The zero-order valence-electron chi connectivity index (χ0n) is 15.7. The van der Waals surface area contributed by atoms with Crippen LogP contribution in [0.2, 0.25) is 0 Å². The van der Waals surface area contributed by atoms with Crippen LogP contribution in [0.5, 0.6) is 0 Å². The van der Waals surface area contributed by atoms with E-state index in [1.807, 2.05) is 6.92 Å². The summed E-state index contributed by atoms with van der Waals surface area (Å²) in [6.45, 7) is 1.66. The highest BCUT2D eigenvalue weighted by atomic mass is 16.6. The van der Waals surface area contributed by atoms with E-state index in [4.69, 9.17) is 0 Å². The van der Waals surface area contributed by atoms with Gasteiger partial charge in [-0.15, -0.1) is 0 Å². The number of aliphatic carboxylic acids is 1. The fourth-order valence-electron chi connectivity index (χ4n) is 3.73. The minimum Gasteiger partial charge on any atom is -0.481 e. The van der Waals surface area contributed by atoms with Crippen LogP contribution in [0.3, 0.4) is 0 Å². The zero-order valence-corrected chi connectivity index (χ0v) is 15.7. The zero-order chi connectivity index (χ0) is 20.8. The Bertz CT molecular complexity index is 707. The Morgan fingerprint density at radius 2 is 1.89 bits per heavy atom. The summed E-state index contributed by atoms with van der Waals surface area (Å²) in [5, 5.41) is 42.8. The lowest BCUT2D eigenvalue weighted by atomic mass is 9.74. The summed E-state index contributed by atoms with van der Waals surface area (Å²) in [5.41, 5.74) is 0.232. The molecule has 0 saturated heterocycles. The van der Waals surface area contributed by atoms with Gasteiger partial charge in [0.2, 0.25) is 5.91 Å². The van der Waals surface area contributed by atoms with Crippen molar-refractivity contribution < 1.29 is 29.8 Å². The number of benzene rings is 1. The molecule has 1 aliphatic rings. The van der Waals surface area contributed by atoms with E-state index in [0.717, 1.165) is 6.42 Å². The summed E-state index contributed by atoms with van der Waals surface area (Å²) in [5.74, 6) is -2.72. The summed E-state index contributed by atoms with van der Waals surface area (Å²) in [4.78, 5) is 34.5. The molecule has 3 unspecified atom stereocenters. The minimum absolute atomic E-state index is 0.0603. The lowest BCUT2D eigenvalue weighted by molar-refractivity contribution is -0.384. The van der Waals surface area contributed by atoms with Crippen LogP contribution in [0, 0.1) is 27.9 Å². The monoisotopic (exact) mass is 394 g/mol. The number of carboxylic acids is 1. The highest BCUT2D eigenvalue weighted by Crippen LogP contribution is 2.34. The maximum atomic E-state index is 12.7. The van der Waals surface area contributed by atoms with E-state index < -0.39 is 40.8 Å². The van der Waals surface area contributed by atoms with Crippen LogP contribution in [-0.4, -0.2) is 44.8 Å². The predicted molar refractivity (Wildman–Crippen MR) is 99.3 cm³/mol. The number of aliphatic hydroxyl groups is 2. The minimum atomic E-state index is -1.19.